The third-order valence-corrected chi connectivity index (χ3v) is 5.65. The number of carbonyl (C=O) groups excluding carboxylic acids is 2. The fourth-order valence-corrected chi connectivity index (χ4v) is 4.11. The van der Waals surface area contributed by atoms with E-state index in [1.165, 1.54) is 0 Å². The van der Waals surface area contributed by atoms with Crippen LogP contribution in [0.2, 0.25) is 0 Å². The van der Waals surface area contributed by atoms with E-state index in [0.29, 0.717) is 19.5 Å². The van der Waals surface area contributed by atoms with E-state index < -0.39 is 0 Å². The van der Waals surface area contributed by atoms with Crippen LogP contribution >= 0.6 is 0 Å². The van der Waals surface area contributed by atoms with E-state index in [-0.39, 0.29) is 17.9 Å². The lowest BCUT2D eigenvalue weighted by molar-refractivity contribution is -0.116. The average molecular weight is 387 g/mol. The van der Waals surface area contributed by atoms with E-state index in [9.17, 15) is 9.59 Å². The summed E-state index contributed by atoms with van der Waals surface area (Å²) in [6.45, 7) is 1.35. The predicted molar refractivity (Wildman–Crippen MR) is 110 cm³/mol. The first-order chi connectivity index (χ1) is 14.1. The van der Waals surface area contributed by atoms with Crippen LogP contribution in [0.25, 0.3) is 5.69 Å². The minimum atomic E-state index is -0.0414. The van der Waals surface area contributed by atoms with Crippen molar-refractivity contribution in [3.8, 4) is 5.69 Å². The van der Waals surface area contributed by atoms with E-state index in [1.54, 1.807) is 23.0 Å². The number of urea groups is 1. The monoisotopic (exact) mass is 387 g/mol. The average Bonchev–Trinajstić information content (AvgIpc) is 3.38. The lowest BCUT2D eigenvalue weighted by Crippen LogP contribution is -2.30. The van der Waals surface area contributed by atoms with Crippen molar-refractivity contribution in [2.75, 3.05) is 30.4 Å². The molecule has 3 heterocycles. The minimum absolute atomic E-state index is 0.0180. The molecule has 0 saturated carbocycles. The van der Waals surface area contributed by atoms with Crippen LogP contribution in [0.3, 0.4) is 0 Å². The molecule has 1 unspecified atom stereocenters. The maximum atomic E-state index is 12.5. The van der Waals surface area contributed by atoms with E-state index in [2.05, 4.69) is 16.5 Å². The quantitative estimate of drug-likeness (QED) is 0.750. The number of carbonyl (C=O) groups is 2. The van der Waals surface area contributed by atoms with Crippen LogP contribution in [0, 0.1) is 0 Å². The van der Waals surface area contributed by atoms with Gasteiger partial charge >= 0.3 is 6.03 Å². The lowest BCUT2D eigenvalue weighted by atomic mass is 9.84. The molecule has 7 heteroatoms. The van der Waals surface area contributed by atoms with Crippen molar-refractivity contribution in [2.45, 2.75) is 12.3 Å². The van der Waals surface area contributed by atoms with Crippen LogP contribution < -0.4 is 10.2 Å². The molecule has 1 fully saturated rings. The molecule has 1 aromatic heterocycles. The van der Waals surface area contributed by atoms with Gasteiger partial charge in [0, 0.05) is 56.2 Å². The van der Waals surface area contributed by atoms with Crippen molar-refractivity contribution in [2.24, 2.45) is 0 Å². The van der Waals surface area contributed by atoms with Gasteiger partial charge in [-0.25, -0.2) is 9.48 Å². The number of fused-ring (bicyclic) bond motifs is 1. The van der Waals surface area contributed by atoms with E-state index >= 15 is 0 Å². The first-order valence-electron chi connectivity index (χ1n) is 9.66. The van der Waals surface area contributed by atoms with Crippen LogP contribution in [-0.2, 0) is 4.79 Å². The van der Waals surface area contributed by atoms with Crippen molar-refractivity contribution in [3.63, 3.8) is 0 Å². The van der Waals surface area contributed by atoms with Gasteiger partial charge in [0.25, 0.3) is 0 Å². The number of anilines is 2. The Bertz CT molecular complexity index is 1090. The van der Waals surface area contributed by atoms with E-state index in [1.807, 2.05) is 53.3 Å². The summed E-state index contributed by atoms with van der Waals surface area (Å²) in [6.07, 6.45) is 4.03. The number of amides is 3. The van der Waals surface area contributed by atoms with Crippen LogP contribution in [0.15, 0.2) is 60.9 Å². The number of aromatic nitrogens is 2. The smallest absolute Gasteiger partial charge is 0.324 e. The van der Waals surface area contributed by atoms with Crippen LogP contribution in [-0.4, -0.2) is 46.8 Å². The molecule has 29 heavy (non-hydrogen) atoms. The van der Waals surface area contributed by atoms with Crippen LogP contribution in [0.4, 0.5) is 16.2 Å². The molecule has 5 rings (SSSR count). The first kappa shape index (κ1) is 17.5. The lowest BCUT2D eigenvalue weighted by Gasteiger charge is -2.28. The van der Waals surface area contributed by atoms with Gasteiger partial charge in [-0.15, -0.1) is 0 Å². The molecule has 2 aliphatic rings. The van der Waals surface area contributed by atoms with E-state index in [0.717, 1.165) is 28.2 Å². The second kappa shape index (κ2) is 6.77. The predicted octanol–water partition coefficient (Wildman–Crippen LogP) is 3.22. The van der Waals surface area contributed by atoms with Gasteiger partial charge in [0.2, 0.25) is 5.91 Å². The van der Waals surface area contributed by atoms with E-state index in [4.69, 9.17) is 0 Å². The first-order valence-corrected chi connectivity index (χ1v) is 9.66. The normalized spacial score (nSPS) is 18.7. The van der Waals surface area contributed by atoms with Gasteiger partial charge in [-0.2, -0.15) is 5.10 Å². The SMILES string of the molecule is CN1CCN(c2ccc3c(c2)NC(=O)CC3c2cccc(-n3cccn3)c2)C1=O. The van der Waals surface area contributed by atoms with Crippen molar-refractivity contribution in [1.82, 2.24) is 14.7 Å². The van der Waals surface area contributed by atoms with Gasteiger partial charge in [-0.05, 0) is 41.5 Å². The molecule has 1 atom stereocenters. The molecule has 1 N–H and O–H groups in total. The fraction of sp³-hybridized carbons (Fsp3) is 0.227. The molecular formula is C22H21N5O2. The molecule has 3 amide bonds. The van der Waals surface area contributed by atoms with Gasteiger partial charge in [0.1, 0.15) is 0 Å². The van der Waals surface area contributed by atoms with Crippen LogP contribution in [0.5, 0.6) is 0 Å². The highest BCUT2D eigenvalue weighted by atomic mass is 16.2. The zero-order valence-corrected chi connectivity index (χ0v) is 16.1. The Morgan fingerprint density at radius 3 is 2.69 bits per heavy atom. The third-order valence-electron chi connectivity index (χ3n) is 5.65. The molecule has 3 aromatic rings. The Balaban J connectivity index is 1.52. The van der Waals surface area contributed by atoms with Crippen LogP contribution in [0.1, 0.15) is 23.5 Å². The molecule has 0 radical (unpaired) electrons. The third kappa shape index (κ3) is 3.04. The summed E-state index contributed by atoms with van der Waals surface area (Å²) < 4.78 is 1.81. The number of nitrogens with zero attached hydrogens (tertiary/aromatic N) is 4. The molecule has 7 nitrogen and oxygen atoms in total. The molecule has 0 bridgehead atoms. The Labute approximate surface area is 168 Å². The van der Waals surface area contributed by atoms with Crippen molar-refractivity contribution in [1.29, 1.82) is 0 Å². The largest absolute Gasteiger partial charge is 0.326 e. The maximum absolute atomic E-state index is 12.5. The highest BCUT2D eigenvalue weighted by Gasteiger charge is 2.30. The Morgan fingerprint density at radius 1 is 1.03 bits per heavy atom. The topological polar surface area (TPSA) is 70.5 Å². The second-order valence-electron chi connectivity index (χ2n) is 7.48. The molecule has 146 valence electrons. The molecule has 2 aromatic carbocycles. The van der Waals surface area contributed by atoms with Gasteiger partial charge in [0.15, 0.2) is 0 Å². The number of hydrogen-bond donors (Lipinski definition) is 1. The Kier molecular flexibility index (Phi) is 4.08. The maximum Gasteiger partial charge on any atom is 0.324 e. The zero-order chi connectivity index (χ0) is 20.0. The summed E-state index contributed by atoms with van der Waals surface area (Å²) in [7, 11) is 1.80. The number of hydrogen-bond acceptors (Lipinski definition) is 3. The molecule has 2 aliphatic heterocycles. The molecule has 0 spiro atoms. The number of nitrogens with one attached hydrogen (secondary N) is 1. The van der Waals surface area contributed by atoms with Crippen molar-refractivity contribution >= 4 is 23.3 Å². The summed E-state index contributed by atoms with van der Waals surface area (Å²) >= 11 is 0. The molecule has 0 aliphatic carbocycles. The van der Waals surface area contributed by atoms with Gasteiger partial charge < -0.3 is 10.2 Å². The summed E-state index contributed by atoms with van der Waals surface area (Å²) in [4.78, 5) is 28.2. The number of likely N-dealkylation sites (N-methyl/N-ethyl adjacent to an activating group) is 1. The standard InChI is InChI=1S/C22H21N5O2/c1-25-10-11-26(22(25)29)16-6-7-18-19(14-21(28)24-20(18)13-16)15-4-2-5-17(12-15)27-9-3-8-23-27/h2-9,12-13,19H,10-11,14H2,1H3,(H,24,28). The Morgan fingerprint density at radius 2 is 1.93 bits per heavy atom. The zero-order valence-electron chi connectivity index (χ0n) is 16.1. The number of benzene rings is 2. The molecule has 1 saturated heterocycles. The second-order valence-corrected chi connectivity index (χ2v) is 7.48. The van der Waals surface area contributed by atoms with Gasteiger partial charge in [-0.3, -0.25) is 9.69 Å². The highest BCUT2D eigenvalue weighted by Crippen LogP contribution is 2.39. The highest BCUT2D eigenvalue weighted by molar-refractivity contribution is 5.98. The van der Waals surface area contributed by atoms with Gasteiger partial charge in [0.05, 0.1) is 5.69 Å². The summed E-state index contributed by atoms with van der Waals surface area (Å²) in [5, 5.41) is 7.28. The Hall–Kier alpha value is -3.61. The van der Waals surface area contributed by atoms with Crippen molar-refractivity contribution in [3.05, 3.63) is 72.1 Å². The molecular weight excluding hydrogens is 366 g/mol. The van der Waals surface area contributed by atoms with Gasteiger partial charge in [-0.1, -0.05) is 18.2 Å². The summed E-state index contributed by atoms with van der Waals surface area (Å²) in [5.41, 5.74) is 4.67. The minimum Gasteiger partial charge on any atom is -0.326 e. The van der Waals surface area contributed by atoms with Crippen molar-refractivity contribution < 1.29 is 9.59 Å². The fourth-order valence-electron chi connectivity index (χ4n) is 4.11. The summed E-state index contributed by atoms with van der Waals surface area (Å²) in [5.74, 6) is -0.0609. The number of rotatable bonds is 3. The summed E-state index contributed by atoms with van der Waals surface area (Å²) in [6, 6.07) is 15.9.